The Kier molecular flexibility index (Phi) is 6.12. The summed E-state index contributed by atoms with van der Waals surface area (Å²) in [6.45, 7) is 0.980. The third-order valence-corrected chi connectivity index (χ3v) is 9.54. The molecule has 36 heavy (non-hydrogen) atoms. The van der Waals surface area contributed by atoms with Gasteiger partial charge in [-0.3, -0.25) is 0 Å². The molecule has 1 aromatic heterocycles. The van der Waals surface area contributed by atoms with Crippen LogP contribution < -0.4 is 8.89 Å². The first-order valence-electron chi connectivity index (χ1n) is 12.5. The van der Waals surface area contributed by atoms with Gasteiger partial charge in [0.2, 0.25) is 0 Å². The Morgan fingerprint density at radius 2 is 1.42 bits per heavy atom. The van der Waals surface area contributed by atoms with Gasteiger partial charge in [0.15, 0.2) is 0 Å². The van der Waals surface area contributed by atoms with E-state index >= 15 is 0 Å². The minimum absolute atomic E-state index is 0.0407. The van der Waals surface area contributed by atoms with E-state index in [1.807, 2.05) is 64.1 Å². The molecule has 1 aliphatic carbocycles. The summed E-state index contributed by atoms with van der Waals surface area (Å²) in [5.74, 6) is 0.177. The molecular weight excluding hydrogens is 635 g/mol. The van der Waals surface area contributed by atoms with E-state index in [0.29, 0.717) is 19.5 Å². The monoisotopic (exact) mass is 662 g/mol. The van der Waals surface area contributed by atoms with Crippen molar-refractivity contribution in [2.24, 2.45) is 0 Å². The maximum absolute atomic E-state index is 14.0. The first kappa shape index (κ1) is 23.4. The van der Waals surface area contributed by atoms with Crippen molar-refractivity contribution >= 4 is 9.24 Å². The van der Waals surface area contributed by atoms with Gasteiger partial charge in [-0.1, -0.05) is 0 Å². The number of carbonyl (C=O) groups excluding carboxylic acids is 1. The topological polar surface area (TPSA) is 55.2 Å². The summed E-state index contributed by atoms with van der Waals surface area (Å²) in [5, 5.41) is 0. The number of fused-ring (bicyclic) bond motifs is 1. The Bertz CT molecular complexity index is 1430. The second-order valence-electron chi connectivity index (χ2n) is 9.78. The van der Waals surface area contributed by atoms with Gasteiger partial charge in [0.1, 0.15) is 0 Å². The molecule has 1 amide bonds. The van der Waals surface area contributed by atoms with Crippen LogP contribution in [0.25, 0.3) is 0 Å². The summed E-state index contributed by atoms with van der Waals surface area (Å²) in [5.41, 5.74) is 4.44. The Hall–Kier alpha value is -3.05. The van der Waals surface area contributed by atoms with E-state index in [-0.39, 0.29) is 43.6 Å². The second-order valence-corrected chi connectivity index (χ2v) is 12.2. The molecule has 4 aromatic rings. The fraction of sp³-hybridized carbons (Fsp3) is 0.233. The van der Waals surface area contributed by atoms with Gasteiger partial charge in [-0.25, -0.2) is 0 Å². The van der Waals surface area contributed by atoms with Crippen molar-refractivity contribution in [2.45, 2.75) is 37.3 Å². The molecule has 0 saturated heterocycles. The van der Waals surface area contributed by atoms with Gasteiger partial charge in [0.05, 0.1) is 0 Å². The standard InChI is InChI=1S/C30H26N3O2.Hg/c34-28-25-16-19-32(29(35)30(17-18-30)24-14-8-3-9-15-24)20-26(25)31-21-33(28)27(22-10-4-1-5-11-22)23-12-6-2-7-13-23;/h1-15,27H,16-20H2;. The Labute approximate surface area is 226 Å². The Morgan fingerprint density at radius 1 is 0.861 bits per heavy atom. The first-order valence-corrected chi connectivity index (χ1v) is 15.2. The van der Waals surface area contributed by atoms with E-state index < -0.39 is 5.41 Å². The zero-order chi connectivity index (χ0) is 24.7. The summed E-state index contributed by atoms with van der Waals surface area (Å²) < 4.78 is 2.77. The van der Waals surface area contributed by atoms with Crippen LogP contribution in [0.2, 0.25) is 0 Å². The van der Waals surface area contributed by atoms with Crippen LogP contribution in [0.1, 0.15) is 46.8 Å². The van der Waals surface area contributed by atoms with Crippen molar-refractivity contribution < 1.29 is 30.9 Å². The van der Waals surface area contributed by atoms with Crippen molar-refractivity contribution in [3.63, 3.8) is 0 Å². The molecule has 0 unspecified atom stereocenters. The third kappa shape index (κ3) is 4.03. The molecule has 2 heterocycles. The number of benzene rings is 3. The molecule has 2 aliphatic rings. The SMILES string of the molecule is O=C(N1CCc2c(n[c]([Hg])n(C(c3ccccc3)c3ccccc3)c2=O)C1)C1(c2ccccc2)CC1. The van der Waals surface area contributed by atoms with Crippen LogP contribution >= 0.6 is 0 Å². The van der Waals surface area contributed by atoms with Crippen LogP contribution in [0.4, 0.5) is 0 Å². The fourth-order valence-electron chi connectivity index (χ4n) is 5.56. The van der Waals surface area contributed by atoms with Gasteiger partial charge in [0, 0.05) is 0 Å². The van der Waals surface area contributed by atoms with Gasteiger partial charge in [-0.05, 0) is 0 Å². The number of hydrogen-bond donors (Lipinski definition) is 0. The molecule has 3 aromatic carbocycles. The molecule has 1 saturated carbocycles. The third-order valence-electron chi connectivity index (χ3n) is 7.60. The van der Waals surface area contributed by atoms with E-state index in [1.54, 1.807) is 0 Å². The summed E-state index contributed by atoms with van der Waals surface area (Å²) in [6, 6.07) is 30.3. The van der Waals surface area contributed by atoms with Gasteiger partial charge < -0.3 is 0 Å². The Balaban J connectivity index is 1.37. The van der Waals surface area contributed by atoms with Crippen molar-refractivity contribution in [1.82, 2.24) is 14.5 Å². The first-order chi connectivity index (χ1) is 17.6. The fourth-order valence-corrected chi connectivity index (χ4v) is 7.57. The van der Waals surface area contributed by atoms with E-state index in [4.69, 9.17) is 4.98 Å². The molecule has 1 fully saturated rings. The van der Waals surface area contributed by atoms with Crippen molar-refractivity contribution in [3.8, 4) is 0 Å². The number of aromatic nitrogens is 2. The van der Waals surface area contributed by atoms with Gasteiger partial charge in [0.25, 0.3) is 0 Å². The molecule has 0 bridgehead atoms. The van der Waals surface area contributed by atoms with Crippen LogP contribution in [0.15, 0.2) is 95.8 Å². The quantitative estimate of drug-likeness (QED) is 0.307. The normalized spacial score (nSPS) is 16.0. The van der Waals surface area contributed by atoms with Crippen molar-refractivity contribution in [2.75, 3.05) is 6.54 Å². The molecule has 1 aliphatic heterocycles. The van der Waals surface area contributed by atoms with Gasteiger partial charge >= 0.3 is 228 Å². The van der Waals surface area contributed by atoms with Crippen molar-refractivity contribution in [1.29, 1.82) is 0 Å². The molecule has 0 N–H and O–H groups in total. The summed E-state index contributed by atoms with van der Waals surface area (Å²) in [4.78, 5) is 34.6. The molecule has 6 rings (SSSR count). The van der Waals surface area contributed by atoms with Gasteiger partial charge in [-0.15, -0.1) is 0 Å². The summed E-state index contributed by atoms with van der Waals surface area (Å²) in [7, 11) is 0. The average Bonchev–Trinajstić information content (AvgIpc) is 3.74. The summed E-state index contributed by atoms with van der Waals surface area (Å²) >= 11 is 0.114. The molecule has 175 valence electrons. The number of amides is 1. The average molecular weight is 661 g/mol. The van der Waals surface area contributed by atoms with Gasteiger partial charge in [-0.2, -0.15) is 0 Å². The van der Waals surface area contributed by atoms with Crippen LogP contribution in [0.3, 0.4) is 0 Å². The van der Waals surface area contributed by atoms with E-state index in [9.17, 15) is 9.59 Å². The molecule has 5 nitrogen and oxygen atoms in total. The molecule has 0 atom stereocenters. The molecular formula is C30H26HgN3O2. The van der Waals surface area contributed by atoms with Crippen LogP contribution in [0, 0.1) is 0 Å². The molecule has 0 spiro atoms. The van der Waals surface area contributed by atoms with Crippen LogP contribution in [-0.4, -0.2) is 26.9 Å². The predicted octanol–water partition coefficient (Wildman–Crippen LogP) is 3.67. The van der Waals surface area contributed by atoms with Crippen molar-refractivity contribution in [3.05, 3.63) is 129 Å². The molecule has 6 heteroatoms. The summed E-state index contributed by atoms with van der Waals surface area (Å²) in [6.07, 6.45) is 2.32. The maximum atomic E-state index is 14.0. The van der Waals surface area contributed by atoms with E-state index in [2.05, 4.69) is 36.4 Å². The molecule has 0 radical (unpaired) electrons. The number of carbonyl (C=O) groups is 1. The second kappa shape index (κ2) is 9.43. The number of nitrogens with zero attached hydrogens (tertiary/aromatic N) is 3. The van der Waals surface area contributed by atoms with Crippen LogP contribution in [0.5, 0.6) is 0 Å². The zero-order valence-corrected chi connectivity index (χ0v) is 25.6. The van der Waals surface area contributed by atoms with E-state index in [0.717, 1.165) is 44.1 Å². The minimum atomic E-state index is -0.396. The Morgan fingerprint density at radius 3 is 1.97 bits per heavy atom. The van der Waals surface area contributed by atoms with Crippen LogP contribution in [-0.2, 0) is 49.3 Å². The number of hydrogen-bond acceptors (Lipinski definition) is 3. The van der Waals surface area contributed by atoms with E-state index in [1.165, 1.54) is 0 Å². The number of rotatable bonds is 5. The zero-order valence-electron chi connectivity index (χ0n) is 20.1. The predicted molar refractivity (Wildman–Crippen MR) is 135 cm³/mol.